The third kappa shape index (κ3) is 6.08. The van der Waals surface area contributed by atoms with E-state index < -0.39 is 22.7 Å². The Morgan fingerprint density at radius 3 is 2.16 bits per heavy atom. The molecule has 2 heterocycles. The minimum atomic E-state index is -4.26. The van der Waals surface area contributed by atoms with Gasteiger partial charge in [0, 0.05) is 50.7 Å². The fourth-order valence-corrected chi connectivity index (χ4v) is 5.68. The molecule has 0 N–H and O–H groups in total. The topological polar surface area (TPSA) is 78.0 Å². The molecule has 32 heavy (non-hydrogen) atoms. The number of benzene rings is 1. The average molecular weight is 476 g/mol. The summed E-state index contributed by atoms with van der Waals surface area (Å²) in [7, 11) is -3.73. The number of hydrogen-bond acceptors (Lipinski definition) is 5. The molecule has 2 aliphatic rings. The van der Waals surface area contributed by atoms with Crippen molar-refractivity contribution in [2.24, 2.45) is 5.92 Å². The molecule has 178 valence electrons. The first kappa shape index (κ1) is 24.7. The molecule has 2 saturated heterocycles. The van der Waals surface area contributed by atoms with Crippen LogP contribution in [-0.4, -0.2) is 86.2 Å². The SMILES string of the molecule is CC(=O)c1ccc(S(=O)(=O)N2CCC(C(=O)N3CCCN(CC(F)(F)F)CC3)CC2)cc1. The van der Waals surface area contributed by atoms with E-state index in [0.29, 0.717) is 37.9 Å². The number of nitrogens with zero attached hydrogens (tertiary/aromatic N) is 3. The lowest BCUT2D eigenvalue weighted by Crippen LogP contribution is -2.45. The van der Waals surface area contributed by atoms with Crippen LogP contribution in [0.4, 0.5) is 13.2 Å². The van der Waals surface area contributed by atoms with Gasteiger partial charge in [-0.25, -0.2) is 8.42 Å². The number of rotatable bonds is 5. The van der Waals surface area contributed by atoms with Gasteiger partial charge in [0.05, 0.1) is 11.4 Å². The van der Waals surface area contributed by atoms with E-state index in [1.807, 2.05) is 0 Å². The van der Waals surface area contributed by atoms with Crippen molar-refractivity contribution in [1.82, 2.24) is 14.1 Å². The number of hydrogen-bond donors (Lipinski definition) is 0. The molecule has 0 bridgehead atoms. The van der Waals surface area contributed by atoms with Crippen molar-refractivity contribution < 1.29 is 31.2 Å². The van der Waals surface area contributed by atoms with Crippen molar-refractivity contribution in [3.8, 4) is 0 Å². The van der Waals surface area contributed by atoms with E-state index in [9.17, 15) is 31.2 Å². The number of piperidine rings is 1. The third-order valence-corrected chi connectivity index (χ3v) is 7.92. The maximum absolute atomic E-state index is 12.9. The summed E-state index contributed by atoms with van der Waals surface area (Å²) in [6.07, 6.45) is -3.05. The lowest BCUT2D eigenvalue weighted by molar-refractivity contribution is -0.145. The number of alkyl halides is 3. The minimum absolute atomic E-state index is 0.101. The van der Waals surface area contributed by atoms with Crippen LogP contribution in [0.5, 0.6) is 0 Å². The van der Waals surface area contributed by atoms with E-state index >= 15 is 0 Å². The van der Waals surface area contributed by atoms with E-state index in [0.717, 1.165) is 0 Å². The highest BCUT2D eigenvalue weighted by Gasteiger charge is 2.35. The highest BCUT2D eigenvalue weighted by atomic mass is 32.2. The van der Waals surface area contributed by atoms with Crippen molar-refractivity contribution in [2.45, 2.75) is 37.3 Å². The fourth-order valence-electron chi connectivity index (χ4n) is 4.21. The highest BCUT2D eigenvalue weighted by molar-refractivity contribution is 7.89. The predicted octanol–water partition coefficient (Wildman–Crippen LogP) is 2.39. The highest BCUT2D eigenvalue weighted by Crippen LogP contribution is 2.26. The van der Waals surface area contributed by atoms with Crippen LogP contribution in [0.2, 0.25) is 0 Å². The number of Topliss-reactive ketones (excluding diaryl/α,β-unsaturated/α-hetero) is 1. The molecule has 0 atom stereocenters. The minimum Gasteiger partial charge on any atom is -0.341 e. The summed E-state index contributed by atoms with van der Waals surface area (Å²) in [5.74, 6) is -0.597. The van der Waals surface area contributed by atoms with Gasteiger partial charge in [-0.3, -0.25) is 14.5 Å². The van der Waals surface area contributed by atoms with Crippen LogP contribution in [0.3, 0.4) is 0 Å². The number of sulfonamides is 1. The van der Waals surface area contributed by atoms with Crippen LogP contribution in [0.15, 0.2) is 29.2 Å². The third-order valence-electron chi connectivity index (χ3n) is 6.00. The van der Waals surface area contributed by atoms with Gasteiger partial charge in [0.2, 0.25) is 15.9 Å². The summed E-state index contributed by atoms with van der Waals surface area (Å²) >= 11 is 0. The van der Waals surface area contributed by atoms with Crippen LogP contribution in [0.25, 0.3) is 0 Å². The lowest BCUT2D eigenvalue weighted by atomic mass is 9.96. The van der Waals surface area contributed by atoms with Gasteiger partial charge in [0.1, 0.15) is 0 Å². The van der Waals surface area contributed by atoms with E-state index in [1.54, 1.807) is 4.90 Å². The van der Waals surface area contributed by atoms with Gasteiger partial charge in [0.15, 0.2) is 5.78 Å². The molecule has 2 aliphatic heterocycles. The molecule has 2 fully saturated rings. The first-order valence-electron chi connectivity index (χ1n) is 10.7. The van der Waals surface area contributed by atoms with Crippen molar-refractivity contribution in [3.63, 3.8) is 0 Å². The Balaban J connectivity index is 1.55. The molecule has 1 aromatic rings. The number of carbonyl (C=O) groups excluding carboxylic acids is 2. The Labute approximate surface area is 186 Å². The molecular weight excluding hydrogens is 447 g/mol. The van der Waals surface area contributed by atoms with Crippen LogP contribution in [0.1, 0.15) is 36.5 Å². The molecular formula is C21H28F3N3O4S. The Morgan fingerprint density at radius 1 is 0.969 bits per heavy atom. The quantitative estimate of drug-likeness (QED) is 0.612. The van der Waals surface area contributed by atoms with E-state index in [1.165, 1.54) is 40.4 Å². The number of halogens is 3. The van der Waals surface area contributed by atoms with Gasteiger partial charge in [-0.2, -0.15) is 17.5 Å². The standard InChI is InChI=1S/C21H28F3N3O4S/c1-16(28)17-3-5-19(6-4-17)32(30,31)27-11-7-18(8-12-27)20(29)26-10-2-9-25(13-14-26)15-21(22,23)24/h3-6,18H,2,7-15H2,1H3. The smallest absolute Gasteiger partial charge is 0.341 e. The van der Waals surface area contributed by atoms with Gasteiger partial charge in [-0.1, -0.05) is 12.1 Å². The zero-order valence-electron chi connectivity index (χ0n) is 18.0. The van der Waals surface area contributed by atoms with Crippen LogP contribution in [0, 0.1) is 5.92 Å². The van der Waals surface area contributed by atoms with Gasteiger partial charge in [0.25, 0.3) is 0 Å². The second-order valence-electron chi connectivity index (χ2n) is 8.33. The Hall–Kier alpha value is -1.98. The fraction of sp³-hybridized carbons (Fsp3) is 0.619. The summed E-state index contributed by atoms with van der Waals surface area (Å²) < 4.78 is 65.0. The summed E-state index contributed by atoms with van der Waals surface area (Å²) in [4.78, 5) is 27.3. The molecule has 0 aliphatic carbocycles. The predicted molar refractivity (Wildman–Crippen MR) is 112 cm³/mol. The van der Waals surface area contributed by atoms with E-state index in [-0.39, 0.29) is 48.7 Å². The van der Waals surface area contributed by atoms with Crippen LogP contribution < -0.4 is 0 Å². The molecule has 0 aromatic heterocycles. The lowest BCUT2D eigenvalue weighted by Gasteiger charge is -2.33. The molecule has 0 saturated carbocycles. The molecule has 0 unspecified atom stereocenters. The first-order valence-corrected chi connectivity index (χ1v) is 12.1. The van der Waals surface area contributed by atoms with Crippen molar-refractivity contribution in [2.75, 3.05) is 45.8 Å². The molecule has 7 nitrogen and oxygen atoms in total. The number of carbonyl (C=O) groups is 2. The largest absolute Gasteiger partial charge is 0.401 e. The van der Waals surface area contributed by atoms with Crippen molar-refractivity contribution >= 4 is 21.7 Å². The zero-order chi connectivity index (χ0) is 23.5. The molecule has 11 heteroatoms. The van der Waals surface area contributed by atoms with Crippen molar-refractivity contribution in [3.05, 3.63) is 29.8 Å². The Kier molecular flexibility index (Phi) is 7.61. The number of amides is 1. The Bertz CT molecular complexity index is 927. The van der Waals surface area contributed by atoms with E-state index in [2.05, 4.69) is 0 Å². The second-order valence-corrected chi connectivity index (χ2v) is 10.3. The molecule has 1 aromatic carbocycles. The van der Waals surface area contributed by atoms with Gasteiger partial charge in [-0.15, -0.1) is 0 Å². The van der Waals surface area contributed by atoms with Crippen LogP contribution in [-0.2, 0) is 14.8 Å². The van der Waals surface area contributed by atoms with Gasteiger partial charge >= 0.3 is 6.18 Å². The summed E-state index contributed by atoms with van der Waals surface area (Å²) in [6.45, 7) is 1.95. The normalized spacial score (nSPS) is 20.2. The number of ketones is 1. The molecule has 1 amide bonds. The van der Waals surface area contributed by atoms with Crippen molar-refractivity contribution in [1.29, 1.82) is 0 Å². The van der Waals surface area contributed by atoms with Crippen LogP contribution >= 0.6 is 0 Å². The summed E-state index contributed by atoms with van der Waals surface area (Å²) in [5, 5.41) is 0. The summed E-state index contributed by atoms with van der Waals surface area (Å²) in [5.41, 5.74) is 0.430. The maximum Gasteiger partial charge on any atom is 0.401 e. The average Bonchev–Trinajstić information content (AvgIpc) is 2.97. The molecule has 3 rings (SSSR count). The first-order chi connectivity index (χ1) is 15.0. The van der Waals surface area contributed by atoms with E-state index in [4.69, 9.17) is 0 Å². The summed E-state index contributed by atoms with van der Waals surface area (Å²) in [6, 6.07) is 5.78. The van der Waals surface area contributed by atoms with Gasteiger partial charge < -0.3 is 4.90 Å². The molecule has 0 spiro atoms. The Morgan fingerprint density at radius 2 is 1.59 bits per heavy atom. The van der Waals surface area contributed by atoms with Gasteiger partial charge in [-0.05, 0) is 38.3 Å². The second kappa shape index (κ2) is 9.88. The molecule has 0 radical (unpaired) electrons. The maximum atomic E-state index is 12.9. The zero-order valence-corrected chi connectivity index (χ0v) is 18.8. The monoisotopic (exact) mass is 475 g/mol.